The van der Waals surface area contributed by atoms with Gasteiger partial charge in [0.25, 0.3) is 0 Å². The zero-order chi connectivity index (χ0) is 31.4. The molecule has 11 nitrogen and oxygen atoms in total. The molecule has 14 atom stereocenters. The van der Waals surface area contributed by atoms with E-state index in [-0.39, 0.29) is 36.8 Å². The number of carbonyl (C=O) groups excluding carboxylic acids is 1. The highest BCUT2D eigenvalue weighted by Crippen LogP contribution is 2.80. The highest BCUT2D eigenvalue weighted by Gasteiger charge is 2.89. The number of likely N-dealkylation sites (tertiary alicyclic amines) is 1. The number of esters is 1. The first-order chi connectivity index (χ1) is 21.1. The number of nitrogens with zero attached hydrogens (tertiary/aromatic N) is 1. The van der Waals surface area contributed by atoms with Crippen molar-refractivity contribution in [2.75, 3.05) is 55.2 Å². The number of methoxy groups -OCH3 is 5. The number of ether oxygens (including phenoxy) is 6. The highest BCUT2D eigenvalue weighted by atomic mass is 16.6. The molecule has 7 rings (SSSR count). The van der Waals surface area contributed by atoms with Gasteiger partial charge in [-0.05, 0) is 43.1 Å². The van der Waals surface area contributed by atoms with Crippen molar-refractivity contribution in [3.63, 3.8) is 0 Å². The lowest BCUT2D eigenvalue weighted by Gasteiger charge is -2.70. The minimum Gasteiger partial charge on any atom is -0.497 e. The Labute approximate surface area is 258 Å². The average Bonchev–Trinajstić information content (AvgIpc) is 3.41. The summed E-state index contributed by atoms with van der Waals surface area (Å²) in [6.07, 6.45) is -2.51. The van der Waals surface area contributed by atoms with Gasteiger partial charge in [0.2, 0.25) is 0 Å². The van der Waals surface area contributed by atoms with E-state index in [0.29, 0.717) is 37.4 Å². The summed E-state index contributed by atoms with van der Waals surface area (Å²) < 4.78 is 36.2. The van der Waals surface area contributed by atoms with E-state index in [9.17, 15) is 20.1 Å². The molecular weight excluding hydrogens is 570 g/mol. The van der Waals surface area contributed by atoms with E-state index in [2.05, 4.69) is 11.8 Å². The third-order valence-corrected chi connectivity index (χ3v) is 13.1. The number of hydrogen-bond acceptors (Lipinski definition) is 11. The Morgan fingerprint density at radius 2 is 1.66 bits per heavy atom. The lowest BCUT2D eigenvalue weighted by molar-refractivity contribution is -0.298. The van der Waals surface area contributed by atoms with Crippen LogP contribution in [0.5, 0.6) is 5.75 Å². The lowest BCUT2D eigenvalue weighted by Crippen LogP contribution is -2.79. The summed E-state index contributed by atoms with van der Waals surface area (Å²) in [5.74, 6) is -1.54. The quantitative estimate of drug-likeness (QED) is 0.344. The molecular formula is C33H47NO10. The number of rotatable bonds is 9. The zero-order valence-corrected chi connectivity index (χ0v) is 26.5. The van der Waals surface area contributed by atoms with E-state index >= 15 is 0 Å². The van der Waals surface area contributed by atoms with Gasteiger partial charge in [-0.15, -0.1) is 0 Å². The van der Waals surface area contributed by atoms with Crippen LogP contribution in [0.4, 0.5) is 0 Å². The van der Waals surface area contributed by atoms with Gasteiger partial charge in [-0.25, -0.2) is 4.79 Å². The van der Waals surface area contributed by atoms with Crippen molar-refractivity contribution in [1.82, 2.24) is 4.90 Å². The maximum atomic E-state index is 13.7. The molecule has 6 fully saturated rings. The van der Waals surface area contributed by atoms with Crippen LogP contribution < -0.4 is 4.74 Å². The van der Waals surface area contributed by atoms with Crippen molar-refractivity contribution in [2.45, 2.75) is 73.9 Å². The summed E-state index contributed by atoms with van der Waals surface area (Å²) >= 11 is 0. The second kappa shape index (κ2) is 10.3. The molecule has 7 bridgehead atoms. The van der Waals surface area contributed by atoms with Crippen LogP contribution in [-0.4, -0.2) is 129 Å². The fourth-order valence-corrected chi connectivity index (χ4v) is 12.0. The molecule has 244 valence electrons. The zero-order valence-electron chi connectivity index (χ0n) is 26.5. The molecule has 1 aromatic carbocycles. The molecule has 1 aromatic rings. The Hall–Kier alpha value is -1.83. The molecule has 5 aliphatic carbocycles. The number of carbonyl (C=O) groups is 1. The van der Waals surface area contributed by atoms with Gasteiger partial charge in [0.05, 0.1) is 49.3 Å². The third-order valence-electron chi connectivity index (χ3n) is 13.1. The summed E-state index contributed by atoms with van der Waals surface area (Å²) in [4.78, 5) is 16.1. The van der Waals surface area contributed by atoms with Crippen molar-refractivity contribution in [3.05, 3.63) is 29.8 Å². The lowest BCUT2D eigenvalue weighted by atomic mass is 9.42. The molecule has 0 amide bonds. The van der Waals surface area contributed by atoms with E-state index in [1.165, 1.54) is 7.11 Å². The van der Waals surface area contributed by atoms with Crippen LogP contribution in [0.25, 0.3) is 0 Å². The Balaban J connectivity index is 1.42. The van der Waals surface area contributed by atoms with Crippen LogP contribution in [0.2, 0.25) is 0 Å². The Morgan fingerprint density at radius 3 is 2.25 bits per heavy atom. The van der Waals surface area contributed by atoms with Crippen LogP contribution in [0.15, 0.2) is 24.3 Å². The van der Waals surface area contributed by atoms with Crippen LogP contribution in [0, 0.1) is 34.5 Å². The first-order valence-corrected chi connectivity index (χ1v) is 15.9. The first kappa shape index (κ1) is 30.8. The maximum Gasteiger partial charge on any atom is 0.338 e. The molecule has 1 aliphatic heterocycles. The molecule has 0 unspecified atom stereocenters. The van der Waals surface area contributed by atoms with Gasteiger partial charge in [0.1, 0.15) is 17.5 Å². The normalized spacial score (nSPS) is 50.0. The van der Waals surface area contributed by atoms with Gasteiger partial charge < -0.3 is 43.7 Å². The Kier molecular flexibility index (Phi) is 7.24. The molecule has 3 N–H and O–H groups in total. The van der Waals surface area contributed by atoms with Crippen molar-refractivity contribution in [2.24, 2.45) is 34.5 Å². The summed E-state index contributed by atoms with van der Waals surface area (Å²) in [6.45, 7) is 3.73. The molecule has 0 aromatic heterocycles. The van der Waals surface area contributed by atoms with E-state index in [1.54, 1.807) is 52.7 Å². The van der Waals surface area contributed by atoms with Gasteiger partial charge in [0.15, 0.2) is 0 Å². The van der Waals surface area contributed by atoms with Crippen LogP contribution >= 0.6 is 0 Å². The standard InChI is InChI=1S/C33H47NO10/c1-7-34-15-30(16-39-2)20(35)12-21(41-4)33-19-13-31(37)22(42-5)14-32(38,24(27(33)34)25(43-6)26(30)33)23(19)28(31)44-29(36)17-8-10-18(40-3)11-9-17/h8-11,19-28,35,37-38H,7,12-16H2,1-6H3/t19-,20-,21+,22+,23-,24-,25+,26-,27-,28-,30+,31-,32-,33+/m1/s1. The largest absolute Gasteiger partial charge is 0.497 e. The van der Waals surface area contributed by atoms with Crippen molar-refractivity contribution in [1.29, 1.82) is 0 Å². The predicted molar refractivity (Wildman–Crippen MR) is 156 cm³/mol. The van der Waals surface area contributed by atoms with Crippen LogP contribution in [-0.2, 0) is 23.7 Å². The van der Waals surface area contributed by atoms with Crippen LogP contribution in [0.1, 0.15) is 36.5 Å². The van der Waals surface area contributed by atoms with E-state index < -0.39 is 64.3 Å². The monoisotopic (exact) mass is 617 g/mol. The second-order valence-electron chi connectivity index (χ2n) is 14.2. The number of aliphatic hydroxyl groups is 3. The van der Waals surface area contributed by atoms with Gasteiger partial charge >= 0.3 is 5.97 Å². The van der Waals surface area contributed by atoms with Gasteiger partial charge in [-0.2, -0.15) is 0 Å². The second-order valence-corrected chi connectivity index (χ2v) is 14.2. The fourth-order valence-electron chi connectivity index (χ4n) is 12.0. The Bertz CT molecular complexity index is 1280. The fraction of sp³-hybridized carbons (Fsp3) is 0.788. The molecule has 44 heavy (non-hydrogen) atoms. The molecule has 6 aliphatic rings. The predicted octanol–water partition coefficient (Wildman–Crippen LogP) is 1.12. The van der Waals surface area contributed by atoms with E-state index in [0.717, 1.165) is 0 Å². The summed E-state index contributed by atoms with van der Waals surface area (Å²) in [7, 11) is 8.13. The third kappa shape index (κ3) is 3.48. The minimum absolute atomic E-state index is 0.146. The summed E-state index contributed by atoms with van der Waals surface area (Å²) in [5, 5.41) is 37.7. The number of benzene rings is 1. The summed E-state index contributed by atoms with van der Waals surface area (Å²) in [6, 6.07) is 6.50. The SMILES string of the molecule is CCN1C[C@]2(COC)[C@H](O)C[C@H](OC)[C@@]34[C@@H]5C[C@@]6(O)[C@@H](OC)C[C@](O)([C@H]([C@H](OC)[C@H]23)[C@@H]14)[C@H]5[C@H]6OC(=O)c1ccc(OC)cc1. The molecule has 1 spiro atoms. The van der Waals surface area contributed by atoms with E-state index in [4.69, 9.17) is 28.4 Å². The topological polar surface area (TPSA) is 136 Å². The molecule has 1 heterocycles. The average molecular weight is 618 g/mol. The Morgan fingerprint density at radius 1 is 0.955 bits per heavy atom. The molecule has 11 heteroatoms. The van der Waals surface area contributed by atoms with Gasteiger partial charge in [0, 0.05) is 82.5 Å². The first-order valence-electron chi connectivity index (χ1n) is 15.9. The minimum atomic E-state index is -1.54. The maximum absolute atomic E-state index is 13.7. The molecule has 1 saturated heterocycles. The smallest absolute Gasteiger partial charge is 0.338 e. The number of fused-ring (bicyclic) bond motifs is 2. The molecule has 5 saturated carbocycles. The van der Waals surface area contributed by atoms with Gasteiger partial charge in [-0.3, -0.25) is 4.90 Å². The van der Waals surface area contributed by atoms with Crippen molar-refractivity contribution in [3.8, 4) is 5.75 Å². The van der Waals surface area contributed by atoms with E-state index in [1.807, 2.05) is 0 Å². The number of piperidine rings is 1. The highest BCUT2D eigenvalue weighted by molar-refractivity contribution is 5.89. The van der Waals surface area contributed by atoms with Crippen LogP contribution in [0.3, 0.4) is 0 Å². The molecule has 0 radical (unpaired) electrons. The van der Waals surface area contributed by atoms with Crippen molar-refractivity contribution < 1.29 is 48.5 Å². The number of hydrogen-bond donors (Lipinski definition) is 3. The van der Waals surface area contributed by atoms with Gasteiger partial charge in [-0.1, -0.05) is 6.92 Å². The summed E-state index contributed by atoms with van der Waals surface area (Å²) in [5.41, 5.74) is -3.92. The number of aliphatic hydroxyl groups excluding tert-OH is 1. The van der Waals surface area contributed by atoms with Crippen molar-refractivity contribution >= 4 is 5.97 Å².